The Hall–Kier alpha value is -6.46. The second kappa shape index (κ2) is 18.6. The second-order valence-electron chi connectivity index (χ2n) is 19.1. The first-order valence-electron chi connectivity index (χ1n) is 23.1. The fourth-order valence-electron chi connectivity index (χ4n) is 10.0. The Balaban J connectivity index is 0.813. The summed E-state index contributed by atoms with van der Waals surface area (Å²) in [5.41, 5.74) is 9.93. The molecule has 4 heterocycles. The van der Waals surface area contributed by atoms with Gasteiger partial charge in [0.2, 0.25) is 11.6 Å². The van der Waals surface area contributed by atoms with Gasteiger partial charge in [0.05, 0.1) is 16.7 Å². The van der Waals surface area contributed by atoms with Crippen LogP contribution in [0.4, 0.5) is 11.4 Å². The maximum atomic E-state index is 13.4. The lowest BCUT2D eigenvalue weighted by atomic mass is 9.81. The van der Waals surface area contributed by atoms with Crippen LogP contribution in [0.3, 0.4) is 0 Å². The van der Waals surface area contributed by atoms with Crippen molar-refractivity contribution in [2.75, 3.05) is 44.7 Å². The maximum absolute atomic E-state index is 13.4. The van der Waals surface area contributed by atoms with Crippen LogP contribution in [0.5, 0.6) is 11.5 Å². The number of amides is 1. The molecule has 0 unspecified atom stereocenters. The number of benzene rings is 4. The zero-order valence-electron chi connectivity index (χ0n) is 39.0. The summed E-state index contributed by atoms with van der Waals surface area (Å²) >= 11 is 0. The first-order valence-corrected chi connectivity index (χ1v) is 23.1. The number of phenols is 2. The molecule has 1 aromatic heterocycles. The van der Waals surface area contributed by atoms with E-state index in [1.165, 1.54) is 44.5 Å². The number of nitrogens with one attached hydrogen (secondary N) is 1. The minimum absolute atomic E-state index is 0.000506. The number of hydrogen-bond donors (Lipinski definition) is 3. The summed E-state index contributed by atoms with van der Waals surface area (Å²) in [6, 6.07) is 28.1. The van der Waals surface area contributed by atoms with Crippen LogP contribution < -0.4 is 10.6 Å². The number of aromatic nitrogens is 3. The molecular weight excluding hydrogens is 811 g/mol. The molecule has 1 saturated heterocycles. The molecule has 65 heavy (non-hydrogen) atoms. The van der Waals surface area contributed by atoms with E-state index in [1.54, 1.807) is 6.07 Å². The molecule has 11 nitrogen and oxygen atoms in total. The first-order chi connectivity index (χ1) is 31.2. The van der Waals surface area contributed by atoms with Crippen molar-refractivity contribution in [3.8, 4) is 28.6 Å². The van der Waals surface area contributed by atoms with Crippen LogP contribution in [0.2, 0.25) is 0 Å². The van der Waals surface area contributed by atoms with Crippen molar-refractivity contribution in [3.05, 3.63) is 154 Å². The Morgan fingerprint density at radius 1 is 0.831 bits per heavy atom. The van der Waals surface area contributed by atoms with Crippen molar-refractivity contribution < 1.29 is 19.6 Å². The highest BCUT2D eigenvalue weighted by Gasteiger charge is 2.42. The first kappa shape index (κ1) is 45.1. The van der Waals surface area contributed by atoms with Gasteiger partial charge < -0.3 is 20.0 Å². The number of carbonyl (C=O) groups excluding carboxylic acids is 1. The number of carbonyl (C=O) groups is 1. The van der Waals surface area contributed by atoms with Crippen LogP contribution in [0.25, 0.3) is 17.1 Å². The van der Waals surface area contributed by atoms with Crippen LogP contribution in [-0.2, 0) is 22.2 Å². The third kappa shape index (κ3) is 8.99. The number of rotatable bonds is 14. The number of hydrogen-bond acceptors (Lipinski definition) is 7. The lowest BCUT2D eigenvalue weighted by molar-refractivity contribution is -0.401. The normalized spacial score (nSPS) is 17.6. The Morgan fingerprint density at radius 3 is 2.26 bits per heavy atom. The number of H-pyrrole nitrogens is 1. The third-order valence-electron chi connectivity index (χ3n) is 13.7. The van der Waals surface area contributed by atoms with Gasteiger partial charge in [-0.25, -0.2) is 14.5 Å². The van der Waals surface area contributed by atoms with E-state index in [0.717, 1.165) is 51.0 Å². The predicted molar refractivity (Wildman–Crippen MR) is 261 cm³/mol. The molecule has 8 rings (SSSR count). The number of unbranched alkanes of at least 4 members (excludes halogenated alkanes) is 2. The number of anilines is 1. The van der Waals surface area contributed by atoms with Crippen LogP contribution in [-0.4, -0.2) is 90.7 Å². The zero-order valence-corrected chi connectivity index (χ0v) is 39.0. The van der Waals surface area contributed by atoms with Crippen molar-refractivity contribution in [2.24, 2.45) is 0 Å². The van der Waals surface area contributed by atoms with E-state index in [2.05, 4.69) is 138 Å². The molecule has 0 radical (unpaired) electrons. The quantitative estimate of drug-likeness (QED) is 0.0578. The lowest BCUT2D eigenvalue weighted by Crippen LogP contribution is -2.48. The third-order valence-corrected chi connectivity index (χ3v) is 13.7. The van der Waals surface area contributed by atoms with Gasteiger partial charge in [0.25, 0.3) is 0 Å². The summed E-state index contributed by atoms with van der Waals surface area (Å²) < 4.78 is 3.73. The molecule has 1 fully saturated rings. The van der Waals surface area contributed by atoms with Crippen LogP contribution >= 0.6 is 0 Å². The molecular formula is C54H64N7O4+. The minimum atomic E-state index is -0.425. The molecule has 3 N–H and O–H groups in total. The number of fused-ring (bicyclic) bond motifs is 2. The van der Waals surface area contributed by atoms with Crippen molar-refractivity contribution in [2.45, 2.75) is 90.5 Å². The standard InChI is InChI=1S/C54H63N7O4/c1-37(2)40-34-41(47(63)35-46(40)62)51-55-56-52(65)61(51)39-27-25-38(26-28-39)36-58-30-32-59(33-31-58)50(64)24-12-9-17-29-60-45-21-16-14-19-43(45)54(5,6)49(60)23-11-8-10-22-48-53(3,4)42-18-13-15-20-44(42)57(48)7/h8,10-11,13-16,18-23,25-28,34-35,37H,9,12,17,24,29-33,36H2,1-7H3,(H2-,55,56,62,63,65)/p+1. The Labute approximate surface area is 383 Å². The van der Waals surface area contributed by atoms with Gasteiger partial charge in [0.15, 0.2) is 11.5 Å². The molecule has 0 saturated carbocycles. The molecule has 11 heteroatoms. The number of aromatic hydroxyl groups is 2. The summed E-state index contributed by atoms with van der Waals surface area (Å²) in [5, 5.41) is 27.8. The molecule has 0 bridgehead atoms. The fourth-order valence-corrected chi connectivity index (χ4v) is 10.0. The highest BCUT2D eigenvalue weighted by atomic mass is 16.3. The van der Waals surface area contributed by atoms with E-state index in [1.807, 2.05) is 43.0 Å². The summed E-state index contributed by atoms with van der Waals surface area (Å²) in [5.74, 6) is 0.346. The van der Waals surface area contributed by atoms with E-state index in [-0.39, 0.29) is 40.0 Å². The van der Waals surface area contributed by atoms with E-state index in [9.17, 15) is 19.8 Å². The van der Waals surface area contributed by atoms with Crippen molar-refractivity contribution >= 4 is 23.0 Å². The van der Waals surface area contributed by atoms with E-state index in [4.69, 9.17) is 0 Å². The number of allylic oxidation sites excluding steroid dienone is 6. The number of para-hydroxylation sites is 2. The van der Waals surface area contributed by atoms with Gasteiger partial charge in [-0.05, 0) is 79.6 Å². The monoisotopic (exact) mass is 875 g/mol. The van der Waals surface area contributed by atoms with Gasteiger partial charge in [0, 0.05) is 86.3 Å². The van der Waals surface area contributed by atoms with E-state index in [0.29, 0.717) is 36.3 Å². The van der Waals surface area contributed by atoms with Crippen LogP contribution in [0, 0.1) is 0 Å². The molecule has 338 valence electrons. The molecule has 0 aliphatic carbocycles. The van der Waals surface area contributed by atoms with Crippen LogP contribution in [0.15, 0.2) is 126 Å². The molecule has 0 atom stereocenters. The van der Waals surface area contributed by atoms with Gasteiger partial charge in [-0.1, -0.05) is 101 Å². The highest BCUT2D eigenvalue weighted by Crippen LogP contribution is 2.48. The van der Waals surface area contributed by atoms with Gasteiger partial charge in [-0.3, -0.25) is 9.69 Å². The highest BCUT2D eigenvalue weighted by molar-refractivity contribution is 6.03. The fraction of sp³-hybridized carbons (Fsp3) is 0.370. The second-order valence-corrected chi connectivity index (χ2v) is 19.1. The largest absolute Gasteiger partial charge is 0.508 e. The van der Waals surface area contributed by atoms with Crippen molar-refractivity contribution in [1.29, 1.82) is 0 Å². The Morgan fingerprint density at radius 2 is 1.54 bits per heavy atom. The number of nitrogens with zero attached hydrogens (tertiary/aromatic N) is 6. The summed E-state index contributed by atoms with van der Waals surface area (Å²) in [7, 11) is 2.15. The van der Waals surface area contributed by atoms with Gasteiger partial charge >= 0.3 is 5.69 Å². The molecule has 3 aliphatic heterocycles. The topological polar surface area (TPSA) is 121 Å². The average molecular weight is 875 g/mol. The molecule has 1 amide bonds. The van der Waals surface area contributed by atoms with Crippen LogP contribution in [0.1, 0.15) is 95.4 Å². The lowest BCUT2D eigenvalue weighted by Gasteiger charge is -2.35. The predicted octanol–water partition coefficient (Wildman–Crippen LogP) is 9.47. The number of piperazine rings is 1. The maximum Gasteiger partial charge on any atom is 0.348 e. The van der Waals surface area contributed by atoms with Crippen molar-refractivity contribution in [3.63, 3.8) is 0 Å². The van der Waals surface area contributed by atoms with Gasteiger partial charge in [0.1, 0.15) is 18.5 Å². The number of aromatic amines is 1. The molecule has 3 aliphatic rings. The molecule has 5 aromatic rings. The summed E-state index contributed by atoms with van der Waals surface area (Å²) in [6.45, 7) is 17.8. The SMILES string of the molecule is CC(C)c1cc(-c2n[nH]c(=O)n2-c2ccc(CN3CCN(C(=O)CCCCCN4/C(=C/C=C/C=C/C5=[N+](C)c6ccccc6C5(C)C)C(C)(C)c5ccccc54)CC3)cc2)c(O)cc1O. The smallest absolute Gasteiger partial charge is 0.348 e. The molecule has 0 spiro atoms. The molecule has 4 aromatic carbocycles. The number of phenolic OH excluding ortho intramolecular Hbond substituents is 2. The Bertz CT molecular complexity index is 2740. The Kier molecular flexibility index (Phi) is 12.9. The van der Waals surface area contributed by atoms with E-state index < -0.39 is 5.69 Å². The minimum Gasteiger partial charge on any atom is -0.508 e. The van der Waals surface area contributed by atoms with E-state index >= 15 is 0 Å². The van der Waals surface area contributed by atoms with Gasteiger partial charge in [-0.15, -0.1) is 0 Å². The summed E-state index contributed by atoms with van der Waals surface area (Å²) in [6.07, 6.45) is 14.4. The van der Waals surface area contributed by atoms with Crippen molar-refractivity contribution in [1.82, 2.24) is 24.6 Å². The zero-order chi connectivity index (χ0) is 46.0. The van der Waals surface area contributed by atoms with Gasteiger partial charge in [-0.2, -0.15) is 9.67 Å². The summed E-state index contributed by atoms with van der Waals surface area (Å²) in [4.78, 5) is 33.1. The average Bonchev–Trinajstić information content (AvgIpc) is 3.84.